The molecule has 2 saturated heterocycles. The van der Waals surface area contributed by atoms with Gasteiger partial charge in [0, 0.05) is 11.1 Å². The van der Waals surface area contributed by atoms with E-state index in [1.54, 1.807) is 0 Å². The minimum Gasteiger partial charge on any atom is -0.293 e. The fourth-order valence-electron chi connectivity index (χ4n) is 5.46. The third kappa shape index (κ3) is 6.39. The quantitative estimate of drug-likeness (QED) is 0.493. The molecule has 4 rings (SSSR count). The molecule has 4 nitrogen and oxygen atoms in total. The topological polar surface area (TPSA) is 40.6 Å². The number of rotatable bonds is 8. The Kier molecular flexibility index (Phi) is 8.85. The second kappa shape index (κ2) is 12.2. The van der Waals surface area contributed by atoms with Crippen molar-refractivity contribution in [2.24, 2.45) is 0 Å². The lowest BCUT2D eigenvalue weighted by atomic mass is 9.91. The third-order valence-corrected chi connectivity index (χ3v) is 7.33. The number of Topliss-reactive ketones (excluding diaryl/α,β-unsaturated/α-hetero) is 2. The Morgan fingerprint density at radius 3 is 1.21 bits per heavy atom. The van der Waals surface area contributed by atoms with E-state index in [-0.39, 0.29) is 23.7 Å². The Balaban J connectivity index is 1.66. The lowest BCUT2D eigenvalue weighted by Crippen LogP contribution is -2.50. The van der Waals surface area contributed by atoms with E-state index in [2.05, 4.69) is 9.80 Å². The summed E-state index contributed by atoms with van der Waals surface area (Å²) >= 11 is 0. The molecule has 0 aromatic heterocycles. The van der Waals surface area contributed by atoms with Crippen LogP contribution in [-0.4, -0.2) is 59.6 Å². The van der Waals surface area contributed by atoms with Gasteiger partial charge >= 0.3 is 0 Å². The number of ketones is 2. The Bertz CT molecular complexity index is 794. The number of carbonyl (C=O) groups is 2. The van der Waals surface area contributed by atoms with E-state index in [1.807, 2.05) is 60.7 Å². The molecule has 4 heteroatoms. The summed E-state index contributed by atoms with van der Waals surface area (Å²) in [5.74, 6) is 0.330. The number of hydrogen-bond acceptors (Lipinski definition) is 4. The first-order valence-corrected chi connectivity index (χ1v) is 12.9. The molecule has 0 radical (unpaired) electrons. The SMILES string of the molecule is O=C(c1ccccc1)C(CC(C(=O)c1ccccc1)N1CCCCCC1)N1CCCCCC1. The molecule has 0 amide bonds. The number of benzene rings is 2. The van der Waals surface area contributed by atoms with Crippen molar-refractivity contribution in [3.8, 4) is 0 Å². The standard InChI is InChI=1S/C29H38N2O2/c32-28(24-15-7-5-8-16-24)26(30-19-11-1-2-12-20-30)23-27(31-21-13-3-4-14-22-31)29(33)25-17-9-6-10-18-25/h5-10,15-18,26-27H,1-4,11-14,19-23H2. The van der Waals surface area contributed by atoms with Gasteiger partial charge in [0.25, 0.3) is 0 Å². The van der Waals surface area contributed by atoms with Gasteiger partial charge in [0.1, 0.15) is 0 Å². The Labute approximate surface area is 199 Å². The van der Waals surface area contributed by atoms with Gasteiger partial charge in [-0.1, -0.05) is 86.3 Å². The van der Waals surface area contributed by atoms with Crippen molar-refractivity contribution in [1.82, 2.24) is 9.80 Å². The van der Waals surface area contributed by atoms with E-state index in [0.717, 1.165) is 63.0 Å². The summed E-state index contributed by atoms with van der Waals surface area (Å²) in [6, 6.07) is 18.8. The molecule has 0 N–H and O–H groups in total. The minimum absolute atomic E-state index is 0.165. The molecule has 2 heterocycles. The van der Waals surface area contributed by atoms with E-state index in [9.17, 15) is 9.59 Å². The van der Waals surface area contributed by atoms with E-state index in [1.165, 1.54) is 25.7 Å². The minimum atomic E-state index is -0.258. The average Bonchev–Trinajstić information content (AvgIpc) is 3.31. The van der Waals surface area contributed by atoms with Gasteiger partial charge in [0.2, 0.25) is 0 Å². The lowest BCUT2D eigenvalue weighted by Gasteiger charge is -2.36. The largest absolute Gasteiger partial charge is 0.293 e. The molecule has 0 saturated carbocycles. The van der Waals surface area contributed by atoms with Crippen LogP contribution in [0.2, 0.25) is 0 Å². The van der Waals surface area contributed by atoms with Crippen LogP contribution in [0.3, 0.4) is 0 Å². The zero-order valence-electron chi connectivity index (χ0n) is 19.8. The van der Waals surface area contributed by atoms with Crippen molar-refractivity contribution in [2.45, 2.75) is 69.9 Å². The maximum absolute atomic E-state index is 13.8. The Morgan fingerprint density at radius 2 is 0.879 bits per heavy atom. The molecule has 2 atom stereocenters. The van der Waals surface area contributed by atoms with Gasteiger partial charge in [-0.05, 0) is 58.3 Å². The molecule has 176 valence electrons. The van der Waals surface area contributed by atoms with E-state index < -0.39 is 0 Å². The van der Waals surface area contributed by atoms with Crippen molar-refractivity contribution >= 4 is 11.6 Å². The van der Waals surface area contributed by atoms with Crippen molar-refractivity contribution in [2.75, 3.05) is 26.2 Å². The van der Waals surface area contributed by atoms with E-state index >= 15 is 0 Å². The van der Waals surface area contributed by atoms with Crippen molar-refractivity contribution in [1.29, 1.82) is 0 Å². The highest BCUT2D eigenvalue weighted by atomic mass is 16.1. The molecular weight excluding hydrogens is 408 g/mol. The second-order valence-corrected chi connectivity index (χ2v) is 9.63. The summed E-state index contributed by atoms with van der Waals surface area (Å²) in [6.45, 7) is 3.76. The molecule has 0 spiro atoms. The molecule has 33 heavy (non-hydrogen) atoms. The average molecular weight is 447 g/mol. The number of carbonyl (C=O) groups excluding carboxylic acids is 2. The van der Waals surface area contributed by atoms with E-state index in [4.69, 9.17) is 0 Å². The van der Waals surface area contributed by atoms with Crippen LogP contribution in [-0.2, 0) is 0 Å². The number of nitrogens with zero attached hydrogens (tertiary/aromatic N) is 2. The fraction of sp³-hybridized carbons (Fsp3) is 0.517. The first kappa shape index (κ1) is 23.8. The van der Waals surface area contributed by atoms with Crippen LogP contribution >= 0.6 is 0 Å². The Morgan fingerprint density at radius 1 is 0.545 bits per heavy atom. The van der Waals surface area contributed by atoms with Gasteiger partial charge in [-0.25, -0.2) is 0 Å². The highest BCUT2D eigenvalue weighted by Gasteiger charge is 2.35. The highest BCUT2D eigenvalue weighted by Crippen LogP contribution is 2.25. The maximum atomic E-state index is 13.8. The molecule has 0 bridgehead atoms. The molecule has 2 fully saturated rings. The fourth-order valence-corrected chi connectivity index (χ4v) is 5.46. The zero-order chi connectivity index (χ0) is 22.9. The van der Waals surface area contributed by atoms with Crippen LogP contribution in [0.25, 0.3) is 0 Å². The first-order chi connectivity index (χ1) is 16.2. The van der Waals surface area contributed by atoms with Crippen molar-refractivity contribution in [3.63, 3.8) is 0 Å². The monoisotopic (exact) mass is 446 g/mol. The second-order valence-electron chi connectivity index (χ2n) is 9.63. The predicted octanol–water partition coefficient (Wildman–Crippen LogP) is 5.63. The van der Waals surface area contributed by atoms with Gasteiger partial charge in [0.15, 0.2) is 11.6 Å². The van der Waals surface area contributed by atoms with Gasteiger partial charge in [-0.2, -0.15) is 0 Å². The molecule has 2 aromatic rings. The molecule has 0 aliphatic carbocycles. The summed E-state index contributed by atoms with van der Waals surface area (Å²) < 4.78 is 0. The maximum Gasteiger partial charge on any atom is 0.180 e. The predicted molar refractivity (Wildman–Crippen MR) is 134 cm³/mol. The summed E-state index contributed by atoms with van der Waals surface area (Å²) in [7, 11) is 0. The molecule has 2 aliphatic heterocycles. The van der Waals surface area contributed by atoms with Crippen LogP contribution < -0.4 is 0 Å². The number of hydrogen-bond donors (Lipinski definition) is 0. The van der Waals surface area contributed by atoms with Crippen LogP contribution in [0.5, 0.6) is 0 Å². The Hall–Kier alpha value is -2.30. The first-order valence-electron chi connectivity index (χ1n) is 12.9. The molecule has 2 aromatic carbocycles. The molecular formula is C29H38N2O2. The van der Waals surface area contributed by atoms with Crippen LogP contribution in [0.15, 0.2) is 60.7 Å². The third-order valence-electron chi connectivity index (χ3n) is 7.33. The summed E-state index contributed by atoms with van der Waals surface area (Å²) in [5, 5.41) is 0. The lowest BCUT2D eigenvalue weighted by molar-refractivity contribution is 0.0656. The highest BCUT2D eigenvalue weighted by molar-refractivity contribution is 6.03. The van der Waals surface area contributed by atoms with Crippen LogP contribution in [0.1, 0.15) is 78.5 Å². The zero-order valence-corrected chi connectivity index (χ0v) is 19.8. The number of likely N-dealkylation sites (tertiary alicyclic amines) is 2. The summed E-state index contributed by atoms with van der Waals surface area (Å²) in [6.07, 6.45) is 9.96. The van der Waals surface area contributed by atoms with Crippen LogP contribution in [0, 0.1) is 0 Å². The van der Waals surface area contributed by atoms with Gasteiger partial charge < -0.3 is 0 Å². The molecule has 2 unspecified atom stereocenters. The summed E-state index contributed by atoms with van der Waals surface area (Å²) in [5.41, 5.74) is 1.52. The van der Waals surface area contributed by atoms with Crippen molar-refractivity contribution in [3.05, 3.63) is 71.8 Å². The van der Waals surface area contributed by atoms with E-state index in [0.29, 0.717) is 6.42 Å². The smallest absolute Gasteiger partial charge is 0.180 e. The van der Waals surface area contributed by atoms with Crippen molar-refractivity contribution < 1.29 is 9.59 Å². The van der Waals surface area contributed by atoms with Crippen LogP contribution in [0.4, 0.5) is 0 Å². The summed E-state index contributed by atoms with van der Waals surface area (Å²) in [4.78, 5) is 32.4. The van der Waals surface area contributed by atoms with Gasteiger partial charge in [-0.3, -0.25) is 19.4 Å². The normalized spacial score (nSPS) is 20.4. The van der Waals surface area contributed by atoms with Gasteiger partial charge in [0.05, 0.1) is 12.1 Å². The molecule has 2 aliphatic rings. The van der Waals surface area contributed by atoms with Gasteiger partial charge in [-0.15, -0.1) is 0 Å².